The van der Waals surface area contributed by atoms with E-state index in [1.165, 1.54) is 12.1 Å². The van der Waals surface area contributed by atoms with Crippen LogP contribution in [0.4, 0.5) is 10.1 Å². The molecule has 1 aromatic heterocycles. The number of carbonyl (C=O) groups is 1. The molecule has 1 atom stereocenters. The van der Waals surface area contributed by atoms with E-state index in [0.29, 0.717) is 41.2 Å². The van der Waals surface area contributed by atoms with Gasteiger partial charge in [0.1, 0.15) is 17.4 Å². The van der Waals surface area contributed by atoms with E-state index < -0.39 is 5.92 Å². The Morgan fingerprint density at radius 1 is 1.33 bits per heavy atom. The zero-order valence-electron chi connectivity index (χ0n) is 16.9. The number of benzene rings is 1. The van der Waals surface area contributed by atoms with Gasteiger partial charge in [0, 0.05) is 28.9 Å². The van der Waals surface area contributed by atoms with Crippen LogP contribution < -0.4 is 10.6 Å². The van der Waals surface area contributed by atoms with Crippen LogP contribution in [0.5, 0.6) is 0 Å². The summed E-state index contributed by atoms with van der Waals surface area (Å²) < 4.78 is 19.4. The molecule has 2 heterocycles. The van der Waals surface area contributed by atoms with E-state index in [9.17, 15) is 14.4 Å². The summed E-state index contributed by atoms with van der Waals surface area (Å²) in [6.45, 7) is 3.88. The molecule has 0 saturated carbocycles. The number of rotatable bonds is 4. The van der Waals surface area contributed by atoms with E-state index in [1.54, 1.807) is 28.8 Å². The molecule has 2 N–H and O–H groups in total. The fourth-order valence-electron chi connectivity index (χ4n) is 4.24. The van der Waals surface area contributed by atoms with Crippen LogP contribution in [-0.2, 0) is 4.79 Å². The SMILES string of the molecule is CCSc1oc(C)cc1C1C(C#N)=C(N)N(c2ccc(F)cc2)C2=C1C(=O)CCC2. The third kappa shape index (κ3) is 3.31. The molecule has 1 aliphatic heterocycles. The van der Waals surface area contributed by atoms with E-state index in [4.69, 9.17) is 10.2 Å². The Kier molecular flexibility index (Phi) is 5.44. The predicted molar refractivity (Wildman–Crippen MR) is 114 cm³/mol. The maximum Gasteiger partial charge on any atom is 0.164 e. The fraction of sp³-hybridized carbons (Fsp3) is 0.304. The monoisotopic (exact) mass is 423 g/mol. The second kappa shape index (κ2) is 8.04. The van der Waals surface area contributed by atoms with E-state index in [2.05, 4.69) is 6.07 Å². The zero-order chi connectivity index (χ0) is 21.4. The van der Waals surface area contributed by atoms with Crippen molar-refractivity contribution in [2.75, 3.05) is 10.7 Å². The molecule has 0 amide bonds. The summed E-state index contributed by atoms with van der Waals surface area (Å²) in [6, 6.07) is 10.1. The van der Waals surface area contributed by atoms with Crippen molar-refractivity contribution in [3.8, 4) is 6.07 Å². The lowest BCUT2D eigenvalue weighted by Gasteiger charge is -2.39. The van der Waals surface area contributed by atoms with Crippen LogP contribution >= 0.6 is 11.8 Å². The molecule has 2 aliphatic rings. The maximum atomic E-state index is 13.5. The van der Waals surface area contributed by atoms with Gasteiger partial charge in [0.25, 0.3) is 0 Å². The first-order valence-corrected chi connectivity index (χ1v) is 10.9. The lowest BCUT2D eigenvalue weighted by atomic mass is 9.76. The Morgan fingerprint density at radius 2 is 2.07 bits per heavy atom. The second-order valence-electron chi connectivity index (χ2n) is 7.33. The smallest absolute Gasteiger partial charge is 0.164 e. The molecule has 0 saturated heterocycles. The Balaban J connectivity index is 1.96. The molecule has 0 radical (unpaired) electrons. The molecule has 5 nitrogen and oxygen atoms in total. The van der Waals surface area contributed by atoms with Gasteiger partial charge in [-0.1, -0.05) is 18.7 Å². The third-order valence-corrected chi connectivity index (χ3v) is 6.30. The molecule has 7 heteroatoms. The highest BCUT2D eigenvalue weighted by molar-refractivity contribution is 7.99. The fourth-order valence-corrected chi connectivity index (χ4v) is 5.04. The van der Waals surface area contributed by atoms with Gasteiger partial charge in [-0.3, -0.25) is 9.69 Å². The number of nitrogens with zero attached hydrogens (tertiary/aromatic N) is 2. The van der Waals surface area contributed by atoms with Crippen LogP contribution in [-0.4, -0.2) is 11.5 Å². The average Bonchev–Trinajstić information content (AvgIpc) is 3.08. The van der Waals surface area contributed by atoms with Gasteiger partial charge in [0.15, 0.2) is 10.9 Å². The van der Waals surface area contributed by atoms with E-state index in [0.717, 1.165) is 22.8 Å². The largest absolute Gasteiger partial charge is 0.455 e. The minimum absolute atomic E-state index is 0.0138. The quantitative estimate of drug-likeness (QED) is 0.685. The molecule has 30 heavy (non-hydrogen) atoms. The first-order chi connectivity index (χ1) is 14.5. The first kappa shape index (κ1) is 20.3. The van der Waals surface area contributed by atoms with Gasteiger partial charge < -0.3 is 10.2 Å². The number of halogens is 1. The number of anilines is 1. The topological polar surface area (TPSA) is 83.3 Å². The van der Waals surface area contributed by atoms with Gasteiger partial charge >= 0.3 is 0 Å². The van der Waals surface area contributed by atoms with Crippen molar-refractivity contribution >= 4 is 23.2 Å². The van der Waals surface area contributed by atoms with Crippen LogP contribution in [0, 0.1) is 24.1 Å². The standard InChI is InChI=1S/C23H22FN3O2S/c1-3-30-23-16(11-13(2)29-23)20-17(12-25)22(26)27(15-9-7-14(24)8-10-15)18-5-4-6-19(28)21(18)20/h7-11,20H,3-6,26H2,1-2H3. The van der Waals surface area contributed by atoms with Gasteiger partial charge in [0.05, 0.1) is 17.6 Å². The van der Waals surface area contributed by atoms with Crippen LogP contribution in [0.15, 0.2) is 62.5 Å². The molecular formula is C23H22FN3O2S. The minimum Gasteiger partial charge on any atom is -0.455 e. The van der Waals surface area contributed by atoms with Crippen molar-refractivity contribution in [1.82, 2.24) is 0 Å². The number of allylic oxidation sites excluding steroid dienone is 3. The lowest BCUT2D eigenvalue weighted by Crippen LogP contribution is -2.38. The number of aryl methyl sites for hydroxylation is 1. The molecule has 0 bridgehead atoms. The number of hydrogen-bond acceptors (Lipinski definition) is 6. The Labute approximate surface area is 179 Å². The average molecular weight is 424 g/mol. The summed E-state index contributed by atoms with van der Waals surface area (Å²) in [6.07, 6.45) is 1.79. The van der Waals surface area contributed by atoms with Crippen LogP contribution in [0.3, 0.4) is 0 Å². The van der Waals surface area contributed by atoms with Crippen LogP contribution in [0.25, 0.3) is 0 Å². The summed E-state index contributed by atoms with van der Waals surface area (Å²) in [5.41, 5.74) is 9.65. The van der Waals surface area contributed by atoms with Crippen molar-refractivity contribution in [3.63, 3.8) is 0 Å². The highest BCUT2D eigenvalue weighted by atomic mass is 32.2. The number of nitriles is 1. The lowest BCUT2D eigenvalue weighted by molar-refractivity contribution is -0.116. The van der Waals surface area contributed by atoms with Crippen molar-refractivity contribution in [3.05, 3.63) is 70.1 Å². The second-order valence-corrected chi connectivity index (χ2v) is 8.56. The van der Waals surface area contributed by atoms with Crippen LogP contribution in [0.2, 0.25) is 0 Å². The van der Waals surface area contributed by atoms with Gasteiger partial charge in [-0.15, -0.1) is 0 Å². The number of furan rings is 1. The number of nitrogens with two attached hydrogens (primary N) is 1. The van der Waals surface area contributed by atoms with E-state index >= 15 is 0 Å². The Morgan fingerprint density at radius 3 is 2.73 bits per heavy atom. The molecular weight excluding hydrogens is 401 g/mol. The maximum absolute atomic E-state index is 13.5. The Bertz CT molecular complexity index is 1110. The van der Waals surface area contributed by atoms with Crippen molar-refractivity contribution in [2.24, 2.45) is 5.73 Å². The molecule has 2 aromatic rings. The molecule has 0 spiro atoms. The van der Waals surface area contributed by atoms with Crippen molar-refractivity contribution in [1.29, 1.82) is 5.26 Å². The normalized spacial score (nSPS) is 19.2. The molecule has 1 unspecified atom stereocenters. The number of thioether (sulfide) groups is 1. The third-order valence-electron chi connectivity index (χ3n) is 5.43. The molecule has 0 fully saturated rings. The highest BCUT2D eigenvalue weighted by Crippen LogP contribution is 2.48. The summed E-state index contributed by atoms with van der Waals surface area (Å²) in [7, 11) is 0. The van der Waals surface area contributed by atoms with Crippen LogP contribution in [0.1, 0.15) is 43.4 Å². The van der Waals surface area contributed by atoms with E-state index in [1.807, 2.05) is 19.9 Å². The van der Waals surface area contributed by atoms with E-state index in [-0.39, 0.29) is 17.4 Å². The van der Waals surface area contributed by atoms with Crippen molar-refractivity contribution < 1.29 is 13.6 Å². The van der Waals surface area contributed by atoms with Crippen molar-refractivity contribution in [2.45, 2.75) is 44.1 Å². The summed E-state index contributed by atoms with van der Waals surface area (Å²) in [4.78, 5) is 14.9. The summed E-state index contributed by atoms with van der Waals surface area (Å²) >= 11 is 1.54. The summed E-state index contributed by atoms with van der Waals surface area (Å²) in [5, 5.41) is 10.8. The van der Waals surface area contributed by atoms with Gasteiger partial charge in [-0.2, -0.15) is 5.26 Å². The number of carbonyl (C=O) groups excluding carboxylic acids is 1. The van der Waals surface area contributed by atoms with Gasteiger partial charge in [0.2, 0.25) is 0 Å². The van der Waals surface area contributed by atoms with Gasteiger partial charge in [-0.25, -0.2) is 4.39 Å². The molecule has 154 valence electrons. The highest BCUT2D eigenvalue weighted by Gasteiger charge is 2.41. The predicted octanol–water partition coefficient (Wildman–Crippen LogP) is 5.14. The Hall–Kier alpha value is -2.98. The number of ketones is 1. The molecule has 1 aromatic carbocycles. The zero-order valence-corrected chi connectivity index (χ0v) is 17.7. The van der Waals surface area contributed by atoms with Gasteiger partial charge in [-0.05, 0) is 55.9 Å². The number of hydrogen-bond donors (Lipinski definition) is 1. The first-order valence-electron chi connectivity index (χ1n) is 9.91. The number of Topliss-reactive ketones (excluding diaryl/α,β-unsaturated/α-hetero) is 1. The minimum atomic E-state index is -0.555. The molecule has 1 aliphatic carbocycles. The molecule has 4 rings (SSSR count). The summed E-state index contributed by atoms with van der Waals surface area (Å²) in [5.74, 6) is 0.897.